The highest BCUT2D eigenvalue weighted by Gasteiger charge is 2.69. The van der Waals surface area contributed by atoms with Gasteiger partial charge in [0.15, 0.2) is 0 Å². The van der Waals surface area contributed by atoms with Crippen LogP contribution in [0, 0.1) is 21.0 Å². The Kier molecular flexibility index (Phi) is 5.94. The Morgan fingerprint density at radius 3 is 0.816 bits per heavy atom. The monoisotopic (exact) mass is 720 g/mol. The molecule has 0 heterocycles. The van der Waals surface area contributed by atoms with E-state index in [2.05, 4.69) is 156 Å². The van der Waals surface area contributed by atoms with Gasteiger partial charge in [-0.3, -0.25) is 0 Å². The molecule has 0 spiro atoms. The average Bonchev–Trinajstić information content (AvgIpc) is 2.89. The van der Waals surface area contributed by atoms with Crippen molar-refractivity contribution in [3.8, 4) is 0 Å². The minimum absolute atomic E-state index is 0.165. The lowest BCUT2D eigenvalue weighted by atomic mass is 9.32. The van der Waals surface area contributed by atoms with Crippen LogP contribution in [0.3, 0.4) is 0 Å². The first-order valence-electron chi connectivity index (χ1n) is 13.9. The van der Waals surface area contributed by atoms with Crippen LogP contribution >= 0.6 is 45.2 Å². The average molecular weight is 720 g/mol. The molecule has 0 unspecified atom stereocenters. The fourth-order valence-corrected chi connectivity index (χ4v) is 10.0. The second-order valence-corrected chi connectivity index (χ2v) is 15.4. The highest BCUT2D eigenvalue weighted by atomic mass is 127. The first kappa shape index (κ1) is 25.3. The normalized spacial score (nSPS) is 31.5. The summed E-state index contributed by atoms with van der Waals surface area (Å²) in [5, 5.41) is 0. The molecule has 38 heavy (non-hydrogen) atoms. The van der Waals surface area contributed by atoms with E-state index in [-0.39, 0.29) is 21.7 Å². The molecule has 0 N–H and O–H groups in total. The summed E-state index contributed by atoms with van der Waals surface area (Å²) in [4.78, 5) is 0. The molecule has 4 aromatic rings. The number of rotatable bonds is 4. The smallest absolute Gasteiger partial charge is 0.0130 e. The minimum Gasteiger partial charge on any atom is -0.0590 e. The van der Waals surface area contributed by atoms with Gasteiger partial charge in [0.2, 0.25) is 0 Å². The molecule has 4 aromatic carbocycles. The summed E-state index contributed by atoms with van der Waals surface area (Å²) in [6.07, 6.45) is 7.52. The number of hydrogen-bond donors (Lipinski definition) is 0. The van der Waals surface area contributed by atoms with Gasteiger partial charge in [0.25, 0.3) is 0 Å². The zero-order chi connectivity index (χ0) is 26.2. The van der Waals surface area contributed by atoms with E-state index in [0.29, 0.717) is 0 Å². The van der Waals surface area contributed by atoms with Gasteiger partial charge in [-0.25, -0.2) is 0 Å². The lowest BCUT2D eigenvalue weighted by Crippen LogP contribution is -2.67. The topological polar surface area (TPSA) is 0 Å². The van der Waals surface area contributed by atoms with E-state index in [1.165, 1.54) is 56.8 Å². The number of halogens is 2. The van der Waals surface area contributed by atoms with Crippen LogP contribution in [0.25, 0.3) is 0 Å². The minimum atomic E-state index is 0.165. The molecule has 4 aliphatic rings. The van der Waals surface area contributed by atoms with E-state index >= 15 is 0 Å². The van der Waals surface area contributed by atoms with Crippen LogP contribution in [0.1, 0.15) is 71.9 Å². The maximum atomic E-state index is 2.47. The summed E-state index contributed by atoms with van der Waals surface area (Å²) in [6, 6.07) is 38.5. The molecule has 0 aromatic heterocycles. The van der Waals surface area contributed by atoms with E-state index < -0.39 is 0 Å². The molecule has 0 amide bonds. The zero-order valence-corrected chi connectivity index (χ0v) is 26.6. The van der Waals surface area contributed by atoms with Crippen LogP contribution in [0.15, 0.2) is 97.1 Å². The van der Waals surface area contributed by atoms with Crippen molar-refractivity contribution in [1.82, 2.24) is 0 Å². The Labute approximate surface area is 254 Å². The molecule has 4 bridgehead atoms. The van der Waals surface area contributed by atoms with Gasteiger partial charge in [-0.05, 0) is 166 Å². The predicted octanol–water partition coefficient (Wildman–Crippen LogP) is 9.95. The van der Waals surface area contributed by atoms with E-state index in [0.717, 1.165) is 0 Å². The van der Waals surface area contributed by atoms with Crippen molar-refractivity contribution in [2.75, 3.05) is 0 Å². The number of aryl methyl sites for hydroxylation is 2. The second-order valence-electron chi connectivity index (χ2n) is 12.9. The molecule has 0 nitrogen and oxygen atoms in total. The summed E-state index contributed by atoms with van der Waals surface area (Å²) < 4.78 is 2.65. The van der Waals surface area contributed by atoms with Crippen molar-refractivity contribution >= 4 is 45.2 Å². The largest absolute Gasteiger partial charge is 0.0590 e. The molecule has 2 heteroatoms. The molecule has 8 rings (SSSR count). The highest BCUT2D eigenvalue weighted by molar-refractivity contribution is 14.1. The molecule has 0 saturated heterocycles. The standard InChI is InChI=1S/C36H34I2/c1-25-3-7-27(8-4-25)33-19-34(28-9-5-26(2)6-10-28)22-35(20-33,29-11-15-31(37)16-12-29)24-36(21-33,23-34)30-13-17-32(38)18-14-30/h3-18H,19-24H2,1-2H3. The Hall–Kier alpha value is -1.66. The Morgan fingerprint density at radius 1 is 0.368 bits per heavy atom. The lowest BCUT2D eigenvalue weighted by Gasteiger charge is -2.71. The summed E-state index contributed by atoms with van der Waals surface area (Å²) in [6.45, 7) is 4.44. The van der Waals surface area contributed by atoms with Crippen molar-refractivity contribution in [2.24, 2.45) is 0 Å². The number of hydrogen-bond acceptors (Lipinski definition) is 0. The number of benzene rings is 4. The van der Waals surface area contributed by atoms with Crippen LogP contribution in [-0.4, -0.2) is 0 Å². The molecule has 4 aliphatic carbocycles. The van der Waals surface area contributed by atoms with Crippen molar-refractivity contribution in [2.45, 2.75) is 74.0 Å². The van der Waals surface area contributed by atoms with Gasteiger partial charge in [-0.15, -0.1) is 0 Å². The Morgan fingerprint density at radius 2 is 0.579 bits per heavy atom. The third-order valence-electron chi connectivity index (χ3n) is 10.3. The van der Waals surface area contributed by atoms with Gasteiger partial charge in [-0.1, -0.05) is 83.9 Å². The Balaban J connectivity index is 1.51. The van der Waals surface area contributed by atoms with E-state index in [1.807, 2.05) is 0 Å². The molecular formula is C36H34I2. The first-order chi connectivity index (χ1) is 18.2. The van der Waals surface area contributed by atoms with Crippen molar-refractivity contribution in [1.29, 1.82) is 0 Å². The van der Waals surface area contributed by atoms with Gasteiger partial charge in [-0.2, -0.15) is 0 Å². The van der Waals surface area contributed by atoms with Crippen LogP contribution in [0.5, 0.6) is 0 Å². The third kappa shape index (κ3) is 3.95. The van der Waals surface area contributed by atoms with Crippen LogP contribution in [-0.2, 0) is 21.7 Å². The quantitative estimate of drug-likeness (QED) is 0.184. The van der Waals surface area contributed by atoms with Gasteiger partial charge in [0, 0.05) is 7.14 Å². The summed E-state index contributed by atoms with van der Waals surface area (Å²) in [5.74, 6) is 0. The van der Waals surface area contributed by atoms with Gasteiger partial charge in [0.05, 0.1) is 0 Å². The van der Waals surface area contributed by atoms with Gasteiger partial charge in [0.1, 0.15) is 0 Å². The molecule has 4 saturated carbocycles. The Bertz CT molecular complexity index is 1210. The fourth-order valence-electron chi connectivity index (χ4n) is 9.28. The van der Waals surface area contributed by atoms with Crippen molar-refractivity contribution in [3.05, 3.63) is 138 Å². The van der Waals surface area contributed by atoms with E-state index in [9.17, 15) is 0 Å². The molecule has 0 aliphatic heterocycles. The molecule has 0 atom stereocenters. The lowest BCUT2D eigenvalue weighted by molar-refractivity contribution is -0.0691. The first-order valence-corrected chi connectivity index (χ1v) is 16.1. The van der Waals surface area contributed by atoms with Crippen LogP contribution in [0.4, 0.5) is 0 Å². The summed E-state index contributed by atoms with van der Waals surface area (Å²) >= 11 is 4.92. The fraction of sp³-hybridized carbons (Fsp3) is 0.333. The SMILES string of the molecule is Cc1ccc(C23CC4(c5ccc(C)cc5)CC(c5ccc(I)cc5)(C2)CC(c2ccc(I)cc2)(C3)C4)cc1. The zero-order valence-electron chi connectivity index (χ0n) is 22.2. The highest BCUT2D eigenvalue weighted by Crippen LogP contribution is 2.74. The second kappa shape index (κ2) is 8.92. The van der Waals surface area contributed by atoms with Crippen molar-refractivity contribution in [3.63, 3.8) is 0 Å². The van der Waals surface area contributed by atoms with Crippen LogP contribution in [0.2, 0.25) is 0 Å². The summed E-state index contributed by atoms with van der Waals surface area (Å²) in [5.41, 5.74) is 9.60. The van der Waals surface area contributed by atoms with Gasteiger partial charge >= 0.3 is 0 Å². The molecule has 0 radical (unpaired) electrons. The maximum Gasteiger partial charge on any atom is 0.0130 e. The third-order valence-corrected chi connectivity index (χ3v) is 11.7. The predicted molar refractivity (Wildman–Crippen MR) is 175 cm³/mol. The van der Waals surface area contributed by atoms with E-state index in [4.69, 9.17) is 0 Å². The summed E-state index contributed by atoms with van der Waals surface area (Å²) in [7, 11) is 0. The molecule has 4 fully saturated rings. The van der Waals surface area contributed by atoms with Gasteiger partial charge < -0.3 is 0 Å². The van der Waals surface area contributed by atoms with Crippen molar-refractivity contribution < 1.29 is 0 Å². The maximum absolute atomic E-state index is 2.47. The van der Waals surface area contributed by atoms with E-state index in [1.54, 1.807) is 22.3 Å². The molecular weight excluding hydrogens is 686 g/mol. The molecule has 192 valence electrons. The van der Waals surface area contributed by atoms with Crippen LogP contribution < -0.4 is 0 Å².